The Morgan fingerprint density at radius 2 is 1.94 bits per heavy atom. The molecule has 6 nitrogen and oxygen atoms in total. The Bertz CT molecular complexity index is 385. The van der Waals surface area contributed by atoms with E-state index in [4.69, 9.17) is 11.1 Å². The van der Waals surface area contributed by atoms with E-state index in [0.29, 0.717) is 26.1 Å². The molecule has 0 amide bonds. The smallest absolute Gasteiger partial charge is 0.282 e. The lowest BCUT2D eigenvalue weighted by Crippen LogP contribution is -2.44. The monoisotopic (exact) mass is 260 g/mol. The molecule has 2 aliphatic rings. The van der Waals surface area contributed by atoms with Crippen LogP contribution in [0.2, 0.25) is 0 Å². The number of rotatable bonds is 6. The molecule has 0 bridgehead atoms. The molecule has 98 valence electrons. The number of nitrogens with one attached hydrogen (secondary N) is 1. The number of hydrogen-bond acceptors (Lipinski definition) is 3. The number of nitrogens with two attached hydrogens (primary N) is 1. The predicted octanol–water partition coefficient (Wildman–Crippen LogP) is 0.117. The highest BCUT2D eigenvalue weighted by Gasteiger charge is 2.40. The minimum atomic E-state index is -3.32. The summed E-state index contributed by atoms with van der Waals surface area (Å²) in [7, 11) is -3.32. The molecule has 1 aliphatic heterocycles. The van der Waals surface area contributed by atoms with Crippen molar-refractivity contribution < 1.29 is 8.42 Å². The topological polar surface area (TPSA) is 90.5 Å². The van der Waals surface area contributed by atoms with Crippen molar-refractivity contribution in [3.63, 3.8) is 0 Å². The number of nitrogens with zero attached hydrogens (tertiary/aromatic N) is 2. The summed E-state index contributed by atoms with van der Waals surface area (Å²) in [5.74, 6) is 0.0484. The summed E-state index contributed by atoms with van der Waals surface area (Å²) in [6.07, 6.45) is 4.09. The van der Waals surface area contributed by atoms with Crippen LogP contribution in [0.15, 0.2) is 0 Å². The van der Waals surface area contributed by atoms with E-state index in [1.54, 1.807) is 8.61 Å². The zero-order chi connectivity index (χ0) is 12.5. The maximum atomic E-state index is 12.4. The molecule has 1 heterocycles. The molecule has 17 heavy (non-hydrogen) atoms. The van der Waals surface area contributed by atoms with Crippen LogP contribution in [0.5, 0.6) is 0 Å². The first-order valence-corrected chi connectivity index (χ1v) is 7.51. The summed E-state index contributed by atoms with van der Waals surface area (Å²) in [4.78, 5) is 0. The first-order chi connectivity index (χ1) is 8.01. The van der Waals surface area contributed by atoms with Gasteiger partial charge in [0.2, 0.25) is 0 Å². The first-order valence-electron chi connectivity index (χ1n) is 6.11. The van der Waals surface area contributed by atoms with Gasteiger partial charge in [0.25, 0.3) is 10.2 Å². The van der Waals surface area contributed by atoms with Gasteiger partial charge in [-0.2, -0.15) is 17.0 Å². The molecule has 0 aromatic rings. The second kappa shape index (κ2) is 4.91. The van der Waals surface area contributed by atoms with Gasteiger partial charge >= 0.3 is 0 Å². The molecule has 7 heteroatoms. The lowest BCUT2D eigenvalue weighted by molar-refractivity contribution is 0.359. The van der Waals surface area contributed by atoms with Crippen LogP contribution in [0, 0.1) is 5.41 Å². The quantitative estimate of drug-likeness (QED) is 0.525. The van der Waals surface area contributed by atoms with Gasteiger partial charge in [0.05, 0.1) is 5.84 Å². The van der Waals surface area contributed by atoms with E-state index in [0.717, 1.165) is 25.7 Å². The standard InChI is InChI=1S/C10H20N4O2S/c11-10(12)5-8-14(9-3-4-9)17(15,16)13-6-1-2-7-13/h9H,1-8H2,(H3,11,12). The zero-order valence-electron chi connectivity index (χ0n) is 9.93. The van der Waals surface area contributed by atoms with Crippen molar-refractivity contribution in [2.45, 2.75) is 38.1 Å². The third-order valence-corrected chi connectivity index (χ3v) is 5.33. The van der Waals surface area contributed by atoms with E-state index in [-0.39, 0.29) is 11.9 Å². The van der Waals surface area contributed by atoms with Gasteiger partial charge in [-0.05, 0) is 25.7 Å². The Balaban J connectivity index is 2.05. The number of amidine groups is 1. The molecular weight excluding hydrogens is 240 g/mol. The SMILES string of the molecule is N=C(N)CCN(C1CC1)S(=O)(=O)N1CCCC1. The number of hydrogen-bond donors (Lipinski definition) is 2. The van der Waals surface area contributed by atoms with E-state index < -0.39 is 10.2 Å². The highest BCUT2D eigenvalue weighted by Crippen LogP contribution is 2.31. The van der Waals surface area contributed by atoms with Crippen LogP contribution in [-0.2, 0) is 10.2 Å². The lowest BCUT2D eigenvalue weighted by Gasteiger charge is -2.27. The van der Waals surface area contributed by atoms with Gasteiger partial charge in [0.15, 0.2) is 0 Å². The lowest BCUT2D eigenvalue weighted by atomic mass is 10.4. The van der Waals surface area contributed by atoms with Crippen molar-refractivity contribution in [1.29, 1.82) is 5.41 Å². The van der Waals surface area contributed by atoms with Crippen molar-refractivity contribution in [3.05, 3.63) is 0 Å². The normalized spacial score (nSPS) is 22.2. The predicted molar refractivity (Wildman–Crippen MR) is 66.0 cm³/mol. The van der Waals surface area contributed by atoms with E-state index in [1.807, 2.05) is 0 Å². The summed E-state index contributed by atoms with van der Waals surface area (Å²) in [6, 6.07) is 0.139. The van der Waals surface area contributed by atoms with Crippen molar-refractivity contribution in [2.75, 3.05) is 19.6 Å². The fourth-order valence-electron chi connectivity index (χ4n) is 2.15. The highest BCUT2D eigenvalue weighted by atomic mass is 32.2. The van der Waals surface area contributed by atoms with Crippen LogP contribution in [0.1, 0.15) is 32.1 Å². The molecule has 1 saturated heterocycles. The van der Waals surface area contributed by atoms with Crippen LogP contribution in [0.3, 0.4) is 0 Å². The Labute approximate surface area is 102 Å². The minimum Gasteiger partial charge on any atom is -0.388 e. The van der Waals surface area contributed by atoms with Crippen molar-refractivity contribution in [3.8, 4) is 0 Å². The van der Waals surface area contributed by atoms with Crippen LogP contribution >= 0.6 is 0 Å². The fraction of sp³-hybridized carbons (Fsp3) is 0.900. The van der Waals surface area contributed by atoms with Crippen LogP contribution < -0.4 is 5.73 Å². The molecular formula is C10H20N4O2S. The third-order valence-electron chi connectivity index (χ3n) is 3.24. The van der Waals surface area contributed by atoms with Gasteiger partial charge in [-0.25, -0.2) is 0 Å². The van der Waals surface area contributed by atoms with Gasteiger partial charge in [0, 0.05) is 32.1 Å². The molecule has 0 spiro atoms. The Morgan fingerprint density at radius 3 is 2.41 bits per heavy atom. The van der Waals surface area contributed by atoms with Gasteiger partial charge in [-0.1, -0.05) is 0 Å². The molecule has 0 aromatic heterocycles. The molecule has 1 aliphatic carbocycles. The average molecular weight is 260 g/mol. The van der Waals surface area contributed by atoms with Crippen molar-refractivity contribution >= 4 is 16.0 Å². The Morgan fingerprint density at radius 1 is 1.35 bits per heavy atom. The van der Waals surface area contributed by atoms with Gasteiger partial charge in [-0.15, -0.1) is 0 Å². The fourth-order valence-corrected chi connectivity index (χ4v) is 4.07. The van der Waals surface area contributed by atoms with Gasteiger partial charge < -0.3 is 5.73 Å². The summed E-state index contributed by atoms with van der Waals surface area (Å²) < 4.78 is 27.8. The summed E-state index contributed by atoms with van der Waals surface area (Å²) in [5, 5.41) is 7.21. The van der Waals surface area contributed by atoms with Crippen molar-refractivity contribution in [1.82, 2.24) is 8.61 Å². The van der Waals surface area contributed by atoms with E-state index >= 15 is 0 Å². The van der Waals surface area contributed by atoms with Crippen molar-refractivity contribution in [2.24, 2.45) is 5.73 Å². The van der Waals surface area contributed by atoms with Crippen LogP contribution in [-0.4, -0.2) is 48.5 Å². The summed E-state index contributed by atoms with van der Waals surface area (Å²) in [5.41, 5.74) is 5.31. The molecule has 2 rings (SSSR count). The molecule has 3 N–H and O–H groups in total. The van der Waals surface area contributed by atoms with Crippen LogP contribution in [0.4, 0.5) is 0 Å². The molecule has 1 saturated carbocycles. The maximum absolute atomic E-state index is 12.4. The second-order valence-corrected chi connectivity index (χ2v) is 6.61. The maximum Gasteiger partial charge on any atom is 0.282 e. The minimum absolute atomic E-state index is 0.0484. The highest BCUT2D eigenvalue weighted by molar-refractivity contribution is 7.86. The van der Waals surface area contributed by atoms with Crippen LogP contribution in [0.25, 0.3) is 0 Å². The van der Waals surface area contributed by atoms with E-state index in [2.05, 4.69) is 0 Å². The zero-order valence-corrected chi connectivity index (χ0v) is 10.7. The third kappa shape index (κ3) is 2.97. The first kappa shape index (κ1) is 12.8. The average Bonchev–Trinajstić information content (AvgIpc) is 2.92. The molecule has 0 aromatic carbocycles. The van der Waals surface area contributed by atoms with Gasteiger partial charge in [-0.3, -0.25) is 5.41 Å². The largest absolute Gasteiger partial charge is 0.388 e. The Hall–Kier alpha value is -0.660. The second-order valence-electron chi connectivity index (χ2n) is 4.73. The van der Waals surface area contributed by atoms with E-state index in [9.17, 15) is 8.42 Å². The van der Waals surface area contributed by atoms with Gasteiger partial charge in [0.1, 0.15) is 0 Å². The summed E-state index contributed by atoms with van der Waals surface area (Å²) in [6.45, 7) is 1.61. The molecule has 0 atom stereocenters. The Kier molecular flexibility index (Phi) is 3.70. The molecule has 0 unspecified atom stereocenters. The summed E-state index contributed by atoms with van der Waals surface area (Å²) >= 11 is 0. The van der Waals surface area contributed by atoms with E-state index in [1.165, 1.54) is 0 Å². The molecule has 0 radical (unpaired) electrons. The molecule has 2 fully saturated rings.